The van der Waals surface area contributed by atoms with Crippen LogP contribution in [0.4, 0.5) is 8.78 Å². The molecule has 0 saturated carbocycles. The molecule has 0 spiro atoms. The second-order valence-corrected chi connectivity index (χ2v) is 8.63. The van der Waals surface area contributed by atoms with E-state index in [0.717, 1.165) is 29.4 Å². The van der Waals surface area contributed by atoms with Crippen LogP contribution in [0.3, 0.4) is 0 Å². The van der Waals surface area contributed by atoms with Crippen molar-refractivity contribution in [3.63, 3.8) is 0 Å². The smallest absolute Gasteiger partial charge is 0.256 e. The quantitative estimate of drug-likeness (QED) is 0.632. The van der Waals surface area contributed by atoms with Gasteiger partial charge in [-0.3, -0.25) is 9.59 Å². The zero-order chi connectivity index (χ0) is 24.2. The van der Waals surface area contributed by atoms with Crippen LogP contribution in [-0.4, -0.2) is 54.5 Å². The molecule has 0 N–H and O–H groups in total. The molecule has 1 fully saturated rings. The Kier molecular flexibility index (Phi) is 7.34. The molecular weight excluding hydrogens is 442 g/mol. The van der Waals surface area contributed by atoms with Gasteiger partial charge in [-0.05, 0) is 68.5 Å². The van der Waals surface area contributed by atoms with E-state index in [2.05, 4.69) is 0 Å². The molecule has 0 unspecified atom stereocenters. The van der Waals surface area contributed by atoms with E-state index in [9.17, 15) is 18.4 Å². The molecule has 6 nitrogen and oxygen atoms in total. The van der Waals surface area contributed by atoms with Crippen LogP contribution in [0.1, 0.15) is 48.2 Å². The average molecular weight is 473 g/mol. The summed E-state index contributed by atoms with van der Waals surface area (Å²) in [6.45, 7) is 6.81. The largest absolute Gasteiger partial charge is 0.490 e. The Morgan fingerprint density at radius 3 is 2.18 bits per heavy atom. The summed E-state index contributed by atoms with van der Waals surface area (Å²) in [5.41, 5.74) is 2.08. The highest BCUT2D eigenvalue weighted by atomic mass is 19.1. The van der Waals surface area contributed by atoms with E-state index in [1.54, 1.807) is 0 Å². The number of likely N-dealkylation sites (tertiary alicyclic amines) is 1. The molecule has 0 radical (unpaired) electrons. The first-order valence-electron chi connectivity index (χ1n) is 11.9. The Balaban J connectivity index is 1.38. The van der Waals surface area contributed by atoms with E-state index in [-0.39, 0.29) is 17.4 Å². The normalized spacial score (nSPS) is 16.2. The molecule has 1 saturated heterocycles. The Hall–Kier alpha value is -3.16. The van der Waals surface area contributed by atoms with Crippen molar-refractivity contribution in [2.24, 2.45) is 5.92 Å². The van der Waals surface area contributed by atoms with Crippen molar-refractivity contribution in [1.29, 1.82) is 0 Å². The zero-order valence-electron chi connectivity index (χ0n) is 19.6. The number of hydrogen-bond acceptors (Lipinski definition) is 4. The number of ether oxygens (including phenoxy) is 2. The van der Waals surface area contributed by atoms with Gasteiger partial charge in [0.05, 0.1) is 18.8 Å². The van der Waals surface area contributed by atoms with Crippen molar-refractivity contribution in [3.05, 3.63) is 58.7 Å². The van der Waals surface area contributed by atoms with Crippen LogP contribution < -0.4 is 9.47 Å². The Morgan fingerprint density at radius 2 is 1.56 bits per heavy atom. The molecule has 2 aliphatic rings. The number of piperidine rings is 1. The predicted octanol–water partition coefficient (Wildman–Crippen LogP) is 4.20. The molecule has 0 atom stereocenters. The molecule has 4 rings (SSSR count). The van der Waals surface area contributed by atoms with E-state index in [1.165, 1.54) is 11.0 Å². The minimum absolute atomic E-state index is 0.0811. The fourth-order valence-corrected chi connectivity index (χ4v) is 4.71. The highest BCUT2D eigenvalue weighted by Gasteiger charge is 2.33. The van der Waals surface area contributed by atoms with E-state index < -0.39 is 17.5 Å². The standard InChI is InChI=1S/C26H30F2N2O4/c1-3-33-23-13-18-9-12-30(16-19(18)14-24(23)34-4-2)25(31)17-7-10-29(11-8-17)26(32)21-6-5-20(27)15-22(21)28/h5-6,13-15,17H,3-4,7-12,16H2,1-2H3. The van der Waals surface area contributed by atoms with Crippen molar-refractivity contribution in [1.82, 2.24) is 9.80 Å². The third-order valence-corrected chi connectivity index (χ3v) is 6.48. The van der Waals surface area contributed by atoms with Crippen LogP contribution in [0.15, 0.2) is 30.3 Å². The minimum Gasteiger partial charge on any atom is -0.490 e. The topological polar surface area (TPSA) is 59.1 Å². The highest BCUT2D eigenvalue weighted by molar-refractivity contribution is 5.94. The highest BCUT2D eigenvalue weighted by Crippen LogP contribution is 2.34. The van der Waals surface area contributed by atoms with Gasteiger partial charge in [-0.2, -0.15) is 0 Å². The first-order valence-corrected chi connectivity index (χ1v) is 11.9. The monoisotopic (exact) mass is 472 g/mol. The van der Waals surface area contributed by atoms with Crippen molar-refractivity contribution in [2.45, 2.75) is 39.7 Å². The van der Waals surface area contributed by atoms with E-state index in [4.69, 9.17) is 9.47 Å². The van der Waals surface area contributed by atoms with Crippen molar-refractivity contribution >= 4 is 11.8 Å². The summed E-state index contributed by atoms with van der Waals surface area (Å²) < 4.78 is 38.6. The summed E-state index contributed by atoms with van der Waals surface area (Å²) in [6.07, 6.45) is 1.78. The number of halogens is 2. The van der Waals surface area contributed by atoms with Crippen LogP contribution in [0.25, 0.3) is 0 Å². The molecular formula is C26H30F2N2O4. The molecule has 182 valence electrons. The maximum atomic E-state index is 14.0. The third kappa shape index (κ3) is 5.00. The molecule has 0 aliphatic carbocycles. The van der Waals surface area contributed by atoms with Crippen LogP contribution >= 0.6 is 0 Å². The SMILES string of the molecule is CCOc1cc2c(cc1OCC)CN(C(=O)C1CCN(C(=O)c3ccc(F)cc3F)CC1)CC2. The zero-order valence-corrected chi connectivity index (χ0v) is 19.6. The van der Waals surface area contributed by atoms with E-state index in [1.807, 2.05) is 30.9 Å². The number of nitrogens with zero attached hydrogens (tertiary/aromatic N) is 2. The lowest BCUT2D eigenvalue weighted by atomic mass is 9.92. The summed E-state index contributed by atoms with van der Waals surface area (Å²) in [7, 11) is 0. The Bertz CT molecular complexity index is 1070. The van der Waals surface area contributed by atoms with Crippen molar-refractivity contribution < 1.29 is 27.8 Å². The number of rotatable bonds is 6. The molecule has 2 aliphatic heterocycles. The summed E-state index contributed by atoms with van der Waals surface area (Å²) in [6, 6.07) is 6.95. The van der Waals surface area contributed by atoms with Gasteiger partial charge in [-0.15, -0.1) is 0 Å². The van der Waals surface area contributed by atoms with Gasteiger partial charge >= 0.3 is 0 Å². The van der Waals surface area contributed by atoms with Gasteiger partial charge in [0, 0.05) is 38.2 Å². The molecule has 0 aromatic heterocycles. The molecule has 2 aromatic carbocycles. The van der Waals surface area contributed by atoms with E-state index >= 15 is 0 Å². The summed E-state index contributed by atoms with van der Waals surface area (Å²) in [5, 5.41) is 0. The summed E-state index contributed by atoms with van der Waals surface area (Å²) in [4.78, 5) is 29.3. The Morgan fingerprint density at radius 1 is 0.912 bits per heavy atom. The van der Waals surface area contributed by atoms with Crippen LogP contribution in [0, 0.1) is 17.6 Å². The molecule has 2 heterocycles. The maximum Gasteiger partial charge on any atom is 0.256 e. The number of carbonyl (C=O) groups is 2. The van der Waals surface area contributed by atoms with Gasteiger partial charge in [0.1, 0.15) is 11.6 Å². The van der Waals surface area contributed by atoms with Gasteiger partial charge in [-0.25, -0.2) is 8.78 Å². The van der Waals surface area contributed by atoms with Gasteiger partial charge < -0.3 is 19.3 Å². The second-order valence-electron chi connectivity index (χ2n) is 8.63. The fourth-order valence-electron chi connectivity index (χ4n) is 4.71. The maximum absolute atomic E-state index is 14.0. The fraction of sp³-hybridized carbons (Fsp3) is 0.462. The lowest BCUT2D eigenvalue weighted by Crippen LogP contribution is -2.45. The van der Waals surface area contributed by atoms with Gasteiger partial charge in [0.15, 0.2) is 11.5 Å². The molecule has 34 heavy (non-hydrogen) atoms. The number of carbonyl (C=O) groups excluding carboxylic acids is 2. The minimum atomic E-state index is -0.867. The molecule has 2 amide bonds. The Labute approximate surface area is 198 Å². The van der Waals surface area contributed by atoms with Gasteiger partial charge in [0.2, 0.25) is 5.91 Å². The third-order valence-electron chi connectivity index (χ3n) is 6.48. The molecule has 8 heteroatoms. The lowest BCUT2D eigenvalue weighted by molar-refractivity contribution is -0.137. The second kappa shape index (κ2) is 10.4. The summed E-state index contributed by atoms with van der Waals surface area (Å²) in [5.74, 6) is -0.730. The molecule has 2 aromatic rings. The van der Waals surface area contributed by atoms with Gasteiger partial charge in [0.25, 0.3) is 5.91 Å². The van der Waals surface area contributed by atoms with Gasteiger partial charge in [-0.1, -0.05) is 0 Å². The predicted molar refractivity (Wildman–Crippen MR) is 123 cm³/mol. The van der Waals surface area contributed by atoms with Crippen molar-refractivity contribution in [3.8, 4) is 11.5 Å². The number of benzene rings is 2. The van der Waals surface area contributed by atoms with E-state index in [0.29, 0.717) is 64.1 Å². The average Bonchev–Trinajstić information content (AvgIpc) is 2.84. The number of amides is 2. The van der Waals surface area contributed by atoms with Crippen LogP contribution in [0.2, 0.25) is 0 Å². The number of fused-ring (bicyclic) bond motifs is 1. The lowest BCUT2D eigenvalue weighted by Gasteiger charge is -2.36. The molecule has 0 bridgehead atoms. The number of hydrogen-bond donors (Lipinski definition) is 0. The first kappa shape index (κ1) is 24.0. The van der Waals surface area contributed by atoms with Crippen LogP contribution in [0.5, 0.6) is 11.5 Å². The van der Waals surface area contributed by atoms with Crippen LogP contribution in [-0.2, 0) is 17.8 Å². The summed E-state index contributed by atoms with van der Waals surface area (Å²) >= 11 is 0. The van der Waals surface area contributed by atoms with Crippen molar-refractivity contribution in [2.75, 3.05) is 32.8 Å². The first-order chi connectivity index (χ1) is 16.4.